The number of nitrogens with zero attached hydrogens (tertiary/aromatic N) is 2. The standard InChI is InChI=1S/C14H15N3OS/c1-10-4-3-5-12(8-10)9-19-14-7-6-13(16-17-14)15-11(2)18/h3-8H,9H2,1-2H3,(H,15,16,18). The Morgan fingerprint density at radius 1 is 1.26 bits per heavy atom. The number of carbonyl (C=O) groups is 1. The Bertz CT molecular complexity index is 569. The summed E-state index contributed by atoms with van der Waals surface area (Å²) < 4.78 is 0. The number of thioether (sulfide) groups is 1. The fraction of sp³-hybridized carbons (Fsp3) is 0.214. The summed E-state index contributed by atoms with van der Waals surface area (Å²) in [6.07, 6.45) is 0. The first-order valence-electron chi connectivity index (χ1n) is 5.93. The molecule has 0 aliphatic heterocycles. The smallest absolute Gasteiger partial charge is 0.222 e. The molecule has 5 heteroatoms. The maximum absolute atomic E-state index is 10.9. The lowest BCUT2D eigenvalue weighted by molar-refractivity contribution is -0.114. The molecule has 0 spiro atoms. The van der Waals surface area contributed by atoms with Crippen LogP contribution in [0.4, 0.5) is 5.82 Å². The van der Waals surface area contributed by atoms with E-state index in [1.54, 1.807) is 17.8 Å². The van der Waals surface area contributed by atoms with E-state index in [2.05, 4.69) is 46.7 Å². The third-order valence-electron chi connectivity index (χ3n) is 2.41. The molecule has 0 fully saturated rings. The van der Waals surface area contributed by atoms with Gasteiger partial charge in [0, 0.05) is 12.7 Å². The topological polar surface area (TPSA) is 54.9 Å². The molecule has 2 rings (SSSR count). The van der Waals surface area contributed by atoms with Crippen molar-refractivity contribution in [2.24, 2.45) is 0 Å². The van der Waals surface area contributed by atoms with E-state index in [4.69, 9.17) is 0 Å². The number of benzene rings is 1. The van der Waals surface area contributed by atoms with E-state index in [0.717, 1.165) is 10.8 Å². The predicted octanol–water partition coefficient (Wildman–Crippen LogP) is 3.04. The zero-order chi connectivity index (χ0) is 13.7. The van der Waals surface area contributed by atoms with Crippen molar-refractivity contribution in [1.82, 2.24) is 10.2 Å². The van der Waals surface area contributed by atoms with Gasteiger partial charge in [0.15, 0.2) is 5.82 Å². The number of anilines is 1. The van der Waals surface area contributed by atoms with E-state index < -0.39 is 0 Å². The molecule has 1 aromatic heterocycles. The highest BCUT2D eigenvalue weighted by Crippen LogP contribution is 2.21. The van der Waals surface area contributed by atoms with Crippen LogP contribution in [0, 0.1) is 6.92 Å². The lowest BCUT2D eigenvalue weighted by Gasteiger charge is -2.03. The Kier molecular flexibility index (Phi) is 4.52. The van der Waals surface area contributed by atoms with Crippen LogP contribution in [-0.2, 0) is 10.5 Å². The summed E-state index contributed by atoms with van der Waals surface area (Å²) in [5, 5.41) is 11.4. The van der Waals surface area contributed by atoms with E-state index in [0.29, 0.717) is 5.82 Å². The summed E-state index contributed by atoms with van der Waals surface area (Å²) in [6.45, 7) is 3.53. The van der Waals surface area contributed by atoms with Crippen molar-refractivity contribution in [1.29, 1.82) is 0 Å². The number of nitrogens with one attached hydrogen (secondary N) is 1. The molecule has 1 N–H and O–H groups in total. The summed E-state index contributed by atoms with van der Waals surface area (Å²) in [4.78, 5) is 10.9. The van der Waals surface area contributed by atoms with Crippen molar-refractivity contribution in [2.45, 2.75) is 24.6 Å². The van der Waals surface area contributed by atoms with Crippen LogP contribution in [0.1, 0.15) is 18.1 Å². The molecule has 1 amide bonds. The fourth-order valence-corrected chi connectivity index (χ4v) is 2.36. The number of carbonyl (C=O) groups excluding carboxylic acids is 1. The van der Waals surface area contributed by atoms with Gasteiger partial charge in [-0.25, -0.2) is 0 Å². The highest BCUT2D eigenvalue weighted by Gasteiger charge is 2.01. The van der Waals surface area contributed by atoms with Crippen LogP contribution in [0.25, 0.3) is 0 Å². The van der Waals surface area contributed by atoms with Crippen molar-refractivity contribution in [3.05, 3.63) is 47.5 Å². The molecule has 0 atom stereocenters. The molecule has 0 radical (unpaired) electrons. The van der Waals surface area contributed by atoms with Gasteiger partial charge in [-0.1, -0.05) is 41.6 Å². The maximum atomic E-state index is 10.9. The number of hydrogen-bond acceptors (Lipinski definition) is 4. The minimum Gasteiger partial charge on any atom is -0.309 e. The summed E-state index contributed by atoms with van der Waals surface area (Å²) in [5.41, 5.74) is 2.52. The number of aryl methyl sites for hydroxylation is 1. The summed E-state index contributed by atoms with van der Waals surface area (Å²) in [5.74, 6) is 1.19. The van der Waals surface area contributed by atoms with E-state index >= 15 is 0 Å². The Hall–Kier alpha value is -1.88. The van der Waals surface area contributed by atoms with Crippen LogP contribution in [0.2, 0.25) is 0 Å². The summed E-state index contributed by atoms with van der Waals surface area (Å²) in [6, 6.07) is 12.0. The molecule has 0 aliphatic carbocycles. The minimum absolute atomic E-state index is 0.144. The Labute approximate surface area is 116 Å². The second-order valence-electron chi connectivity index (χ2n) is 4.22. The average Bonchev–Trinajstić information content (AvgIpc) is 2.37. The lowest BCUT2D eigenvalue weighted by atomic mass is 10.2. The van der Waals surface area contributed by atoms with Gasteiger partial charge in [0.1, 0.15) is 5.03 Å². The van der Waals surface area contributed by atoms with Crippen molar-refractivity contribution >= 4 is 23.5 Å². The van der Waals surface area contributed by atoms with E-state index in [9.17, 15) is 4.79 Å². The number of aromatic nitrogens is 2. The Morgan fingerprint density at radius 3 is 2.74 bits per heavy atom. The van der Waals surface area contributed by atoms with Gasteiger partial charge in [-0.05, 0) is 24.6 Å². The zero-order valence-corrected chi connectivity index (χ0v) is 11.7. The molecule has 1 aromatic carbocycles. The van der Waals surface area contributed by atoms with Crippen molar-refractivity contribution in [2.75, 3.05) is 5.32 Å². The second kappa shape index (κ2) is 6.33. The highest BCUT2D eigenvalue weighted by molar-refractivity contribution is 7.98. The molecule has 0 saturated carbocycles. The van der Waals surface area contributed by atoms with E-state index in [-0.39, 0.29) is 5.91 Å². The first-order valence-corrected chi connectivity index (χ1v) is 6.92. The second-order valence-corrected chi connectivity index (χ2v) is 5.21. The van der Waals surface area contributed by atoms with Crippen LogP contribution in [0.15, 0.2) is 41.4 Å². The molecule has 1 heterocycles. The normalized spacial score (nSPS) is 10.2. The van der Waals surface area contributed by atoms with Crippen LogP contribution in [0.3, 0.4) is 0 Å². The highest BCUT2D eigenvalue weighted by atomic mass is 32.2. The van der Waals surface area contributed by atoms with Gasteiger partial charge < -0.3 is 5.32 Å². The van der Waals surface area contributed by atoms with Crippen LogP contribution in [0.5, 0.6) is 0 Å². The predicted molar refractivity (Wildman–Crippen MR) is 77.1 cm³/mol. The largest absolute Gasteiger partial charge is 0.309 e. The molecule has 0 aliphatic rings. The summed E-state index contributed by atoms with van der Waals surface area (Å²) >= 11 is 1.62. The van der Waals surface area contributed by atoms with Crippen LogP contribution >= 0.6 is 11.8 Å². The molecule has 0 unspecified atom stereocenters. The van der Waals surface area contributed by atoms with E-state index in [1.165, 1.54) is 18.1 Å². The molecule has 4 nitrogen and oxygen atoms in total. The van der Waals surface area contributed by atoms with Gasteiger partial charge >= 0.3 is 0 Å². The van der Waals surface area contributed by atoms with Gasteiger partial charge in [0.05, 0.1) is 0 Å². The third-order valence-corrected chi connectivity index (χ3v) is 3.40. The number of amides is 1. The van der Waals surface area contributed by atoms with Gasteiger partial charge in [-0.3, -0.25) is 4.79 Å². The fourth-order valence-electron chi connectivity index (χ4n) is 1.60. The molecule has 0 bridgehead atoms. The Morgan fingerprint density at radius 2 is 2.11 bits per heavy atom. The quantitative estimate of drug-likeness (QED) is 0.870. The van der Waals surface area contributed by atoms with Crippen molar-refractivity contribution < 1.29 is 4.79 Å². The minimum atomic E-state index is -0.144. The molecule has 98 valence electrons. The number of rotatable bonds is 4. The maximum Gasteiger partial charge on any atom is 0.222 e. The van der Waals surface area contributed by atoms with Gasteiger partial charge in [0.25, 0.3) is 0 Å². The summed E-state index contributed by atoms with van der Waals surface area (Å²) in [7, 11) is 0. The SMILES string of the molecule is CC(=O)Nc1ccc(SCc2cccc(C)c2)nn1. The van der Waals surface area contributed by atoms with Gasteiger partial charge in [-0.2, -0.15) is 0 Å². The first-order chi connectivity index (χ1) is 9.13. The lowest BCUT2D eigenvalue weighted by Crippen LogP contribution is -2.07. The zero-order valence-electron chi connectivity index (χ0n) is 10.9. The molecule has 0 saturated heterocycles. The Balaban J connectivity index is 1.94. The first kappa shape index (κ1) is 13.5. The van der Waals surface area contributed by atoms with Gasteiger partial charge in [0.2, 0.25) is 5.91 Å². The van der Waals surface area contributed by atoms with E-state index in [1.807, 2.05) is 6.07 Å². The van der Waals surface area contributed by atoms with Crippen LogP contribution in [-0.4, -0.2) is 16.1 Å². The third kappa shape index (κ3) is 4.37. The molecule has 19 heavy (non-hydrogen) atoms. The average molecular weight is 273 g/mol. The van der Waals surface area contributed by atoms with Crippen molar-refractivity contribution in [3.63, 3.8) is 0 Å². The monoisotopic (exact) mass is 273 g/mol. The van der Waals surface area contributed by atoms with Gasteiger partial charge in [-0.15, -0.1) is 10.2 Å². The van der Waals surface area contributed by atoms with Crippen LogP contribution < -0.4 is 5.32 Å². The van der Waals surface area contributed by atoms with Crippen molar-refractivity contribution in [3.8, 4) is 0 Å². The number of hydrogen-bond donors (Lipinski definition) is 1. The molecular weight excluding hydrogens is 258 g/mol. The molecule has 2 aromatic rings. The molecular formula is C14H15N3OS.